The fraction of sp³-hybridized carbons (Fsp3) is 0.893. The lowest BCUT2D eigenvalue weighted by Crippen LogP contribution is -2.51. The van der Waals surface area contributed by atoms with Gasteiger partial charge in [-0.1, -0.05) is 90.9 Å². The summed E-state index contributed by atoms with van der Waals surface area (Å²) in [4.78, 5) is 23.1. The SMILES string of the molecule is CC(C)CCCCCCCCCCCCCCOCCCOP(=O)(O)COC(CO)CN1C=CC(N)NC1=O. The molecule has 39 heavy (non-hydrogen) atoms. The number of carbonyl (C=O) groups excluding carboxylic acids is 1. The van der Waals surface area contributed by atoms with Crippen LogP contribution in [-0.4, -0.2) is 72.5 Å². The molecule has 0 aromatic carbocycles. The van der Waals surface area contributed by atoms with Crippen molar-refractivity contribution in [3.05, 3.63) is 12.3 Å². The highest BCUT2D eigenvalue weighted by Gasteiger charge is 2.25. The molecule has 3 unspecified atom stereocenters. The van der Waals surface area contributed by atoms with Crippen molar-refractivity contribution in [2.75, 3.05) is 39.3 Å². The minimum atomic E-state index is -3.98. The van der Waals surface area contributed by atoms with E-state index < -0.39 is 38.9 Å². The van der Waals surface area contributed by atoms with Gasteiger partial charge in [0.05, 0.1) is 32.0 Å². The fourth-order valence-corrected chi connectivity index (χ4v) is 5.18. The molecule has 0 aromatic rings. The van der Waals surface area contributed by atoms with Crippen LogP contribution in [0.4, 0.5) is 4.79 Å². The predicted octanol–water partition coefficient (Wildman–Crippen LogP) is 5.48. The van der Waals surface area contributed by atoms with E-state index in [0.717, 1.165) is 12.3 Å². The average Bonchev–Trinajstić information content (AvgIpc) is 2.88. The minimum absolute atomic E-state index is 0.0121. The van der Waals surface area contributed by atoms with Gasteiger partial charge in [-0.2, -0.15) is 0 Å². The molecule has 11 heteroatoms. The van der Waals surface area contributed by atoms with Crippen molar-refractivity contribution in [1.29, 1.82) is 0 Å². The second-order valence-electron chi connectivity index (χ2n) is 10.9. The molecule has 0 saturated heterocycles. The molecule has 2 amide bonds. The summed E-state index contributed by atoms with van der Waals surface area (Å²) >= 11 is 0. The Labute approximate surface area is 236 Å². The molecule has 1 aliphatic heterocycles. The zero-order valence-corrected chi connectivity index (χ0v) is 25.3. The summed E-state index contributed by atoms with van der Waals surface area (Å²) in [6.45, 7) is 5.44. The molecule has 1 rings (SSSR count). The van der Waals surface area contributed by atoms with Crippen LogP contribution >= 0.6 is 7.60 Å². The van der Waals surface area contributed by atoms with E-state index >= 15 is 0 Å². The fourth-order valence-electron chi connectivity index (χ4n) is 4.30. The van der Waals surface area contributed by atoms with Gasteiger partial charge >= 0.3 is 13.6 Å². The van der Waals surface area contributed by atoms with Crippen molar-refractivity contribution in [3.8, 4) is 0 Å². The topological polar surface area (TPSA) is 144 Å². The predicted molar refractivity (Wildman–Crippen MR) is 155 cm³/mol. The molecule has 3 atom stereocenters. The maximum Gasteiger partial charge on any atom is 0.353 e. The number of hydrogen-bond donors (Lipinski definition) is 4. The van der Waals surface area contributed by atoms with Crippen molar-refractivity contribution in [1.82, 2.24) is 10.2 Å². The highest BCUT2D eigenvalue weighted by molar-refractivity contribution is 7.52. The van der Waals surface area contributed by atoms with Crippen LogP contribution in [0.15, 0.2) is 12.3 Å². The molecule has 0 aromatic heterocycles. The summed E-state index contributed by atoms with van der Waals surface area (Å²) in [5.41, 5.74) is 5.59. The van der Waals surface area contributed by atoms with E-state index in [1.165, 1.54) is 88.1 Å². The molecule has 0 radical (unpaired) electrons. The summed E-state index contributed by atoms with van der Waals surface area (Å²) in [7, 11) is -3.98. The summed E-state index contributed by atoms with van der Waals surface area (Å²) in [6, 6.07) is -0.431. The summed E-state index contributed by atoms with van der Waals surface area (Å²) in [5, 5.41) is 12.0. The van der Waals surface area contributed by atoms with Crippen LogP contribution in [0.1, 0.15) is 104 Å². The van der Waals surface area contributed by atoms with Crippen LogP contribution in [0, 0.1) is 5.92 Å². The average molecular weight is 578 g/mol. The Morgan fingerprint density at radius 1 is 0.949 bits per heavy atom. The summed E-state index contributed by atoms with van der Waals surface area (Å²) < 4.78 is 28.2. The molecule has 230 valence electrons. The molecule has 0 saturated carbocycles. The molecular weight excluding hydrogens is 521 g/mol. The van der Waals surface area contributed by atoms with Gasteiger partial charge in [-0.25, -0.2) is 4.79 Å². The van der Waals surface area contributed by atoms with Crippen LogP contribution in [0.5, 0.6) is 0 Å². The lowest BCUT2D eigenvalue weighted by molar-refractivity contribution is 0.0164. The quantitative estimate of drug-likeness (QED) is 0.0782. The van der Waals surface area contributed by atoms with Gasteiger partial charge in [-0.05, 0) is 24.8 Å². The van der Waals surface area contributed by atoms with Crippen molar-refractivity contribution < 1.29 is 33.4 Å². The van der Waals surface area contributed by atoms with E-state index in [1.807, 2.05) is 0 Å². The van der Waals surface area contributed by atoms with Crippen LogP contribution in [-0.2, 0) is 18.6 Å². The summed E-state index contributed by atoms with van der Waals surface area (Å²) in [5.74, 6) is 0.841. The molecule has 0 fully saturated rings. The minimum Gasteiger partial charge on any atom is -0.394 e. The van der Waals surface area contributed by atoms with E-state index in [4.69, 9.17) is 19.7 Å². The van der Waals surface area contributed by atoms with E-state index in [1.54, 1.807) is 6.08 Å². The van der Waals surface area contributed by atoms with Gasteiger partial charge < -0.3 is 35.0 Å². The second-order valence-corrected chi connectivity index (χ2v) is 12.7. The lowest BCUT2D eigenvalue weighted by Gasteiger charge is -2.28. The number of amides is 2. The first kappa shape index (κ1) is 36.0. The van der Waals surface area contributed by atoms with Crippen molar-refractivity contribution in [2.24, 2.45) is 11.7 Å². The van der Waals surface area contributed by atoms with Crippen LogP contribution in [0.3, 0.4) is 0 Å². The third kappa shape index (κ3) is 20.5. The van der Waals surface area contributed by atoms with Crippen LogP contribution in [0.25, 0.3) is 0 Å². The molecule has 1 aliphatic rings. The Morgan fingerprint density at radius 2 is 1.51 bits per heavy atom. The number of carbonyl (C=O) groups is 1. The number of aliphatic hydroxyl groups is 1. The molecule has 1 heterocycles. The van der Waals surface area contributed by atoms with Crippen molar-refractivity contribution in [3.63, 3.8) is 0 Å². The number of ether oxygens (including phenoxy) is 2. The number of hydrogen-bond acceptors (Lipinski definition) is 7. The van der Waals surface area contributed by atoms with E-state index in [2.05, 4.69) is 19.2 Å². The van der Waals surface area contributed by atoms with E-state index in [0.29, 0.717) is 19.6 Å². The van der Waals surface area contributed by atoms with Crippen molar-refractivity contribution in [2.45, 2.75) is 116 Å². The molecule has 10 nitrogen and oxygen atoms in total. The number of nitrogens with one attached hydrogen (secondary N) is 1. The third-order valence-corrected chi connectivity index (χ3v) is 7.71. The number of urea groups is 1. The standard InChI is InChI=1S/C28H56N3O7P/c1-25(2)16-13-11-9-7-5-3-4-6-8-10-12-14-19-36-20-15-21-38-39(34,35)24-37-26(23-32)22-31-18-17-27(29)30-28(31)33/h17-18,25-27,32H,3-16,19-24,29H2,1-2H3,(H,30,33)(H,34,35). The summed E-state index contributed by atoms with van der Waals surface area (Å²) in [6.07, 6.45) is 18.7. The Hall–Kier alpha value is -1.00. The first-order chi connectivity index (χ1) is 18.7. The second kappa shape index (κ2) is 22.7. The number of aliphatic hydroxyl groups excluding tert-OH is 1. The number of nitrogens with two attached hydrogens (primary N) is 1. The largest absolute Gasteiger partial charge is 0.394 e. The molecule has 5 N–H and O–H groups in total. The zero-order chi connectivity index (χ0) is 28.8. The monoisotopic (exact) mass is 577 g/mol. The number of nitrogens with zero attached hydrogens (tertiary/aromatic N) is 1. The third-order valence-electron chi connectivity index (χ3n) is 6.65. The Bertz CT molecular complexity index is 696. The Balaban J connectivity index is 1.91. The van der Waals surface area contributed by atoms with Crippen molar-refractivity contribution >= 4 is 13.6 Å². The van der Waals surface area contributed by atoms with Gasteiger partial charge in [0, 0.05) is 19.4 Å². The normalized spacial score (nSPS) is 17.9. The lowest BCUT2D eigenvalue weighted by atomic mass is 10.0. The number of unbranched alkanes of at least 4 members (excludes halogenated alkanes) is 11. The Kier molecular flexibility index (Phi) is 20.9. The molecule has 0 spiro atoms. The maximum absolute atomic E-state index is 12.2. The zero-order valence-electron chi connectivity index (χ0n) is 24.4. The van der Waals surface area contributed by atoms with E-state index in [9.17, 15) is 19.4 Å². The smallest absolute Gasteiger partial charge is 0.353 e. The highest BCUT2D eigenvalue weighted by Crippen LogP contribution is 2.42. The van der Waals surface area contributed by atoms with E-state index in [-0.39, 0.29) is 13.2 Å². The number of rotatable bonds is 26. The highest BCUT2D eigenvalue weighted by atomic mass is 31.2. The van der Waals surface area contributed by atoms with Gasteiger partial charge in [-0.15, -0.1) is 0 Å². The van der Waals surface area contributed by atoms with Gasteiger partial charge in [-0.3, -0.25) is 9.46 Å². The molecular formula is C28H56N3O7P. The maximum atomic E-state index is 12.2. The Morgan fingerprint density at radius 3 is 2.08 bits per heavy atom. The van der Waals surface area contributed by atoms with Crippen LogP contribution in [0.2, 0.25) is 0 Å². The van der Waals surface area contributed by atoms with Gasteiger partial charge in [0.15, 0.2) is 0 Å². The molecule has 0 aliphatic carbocycles. The van der Waals surface area contributed by atoms with Gasteiger partial charge in [0.25, 0.3) is 0 Å². The van der Waals surface area contributed by atoms with Crippen LogP contribution < -0.4 is 11.1 Å². The molecule has 0 bridgehead atoms. The first-order valence-corrected chi connectivity index (χ1v) is 16.8. The van der Waals surface area contributed by atoms with Gasteiger partial charge in [0.1, 0.15) is 6.35 Å². The first-order valence-electron chi connectivity index (χ1n) is 15.0. The van der Waals surface area contributed by atoms with Gasteiger partial charge in [0.2, 0.25) is 0 Å².